The molecule has 0 heterocycles. The van der Waals surface area contributed by atoms with Crippen molar-refractivity contribution in [3.63, 3.8) is 0 Å². The lowest BCUT2D eigenvalue weighted by atomic mass is 9.88. The highest BCUT2D eigenvalue weighted by Crippen LogP contribution is 2.42. The van der Waals surface area contributed by atoms with E-state index in [0.29, 0.717) is 27.8 Å². The maximum Gasteiger partial charge on any atom is 0.336 e. The van der Waals surface area contributed by atoms with Gasteiger partial charge in [-0.1, -0.05) is 18.2 Å². The van der Waals surface area contributed by atoms with Gasteiger partial charge in [-0.25, -0.2) is 4.79 Å². The highest BCUT2D eigenvalue weighted by atomic mass is 16.4. The van der Waals surface area contributed by atoms with E-state index in [1.54, 1.807) is 39.0 Å². The number of carboxylic acid groups (broad SMARTS) is 1. The number of aromatic hydroxyl groups is 2. The van der Waals surface area contributed by atoms with Crippen molar-refractivity contribution in [1.29, 1.82) is 0 Å². The predicted octanol–water partition coefficient (Wildman–Crippen LogP) is 3.39. The van der Waals surface area contributed by atoms with Crippen LogP contribution in [0.15, 0.2) is 24.3 Å². The lowest BCUT2D eigenvalue weighted by Crippen LogP contribution is -2.07. The fourth-order valence-corrected chi connectivity index (χ4v) is 2.47. The normalized spacial score (nSPS) is 10.6. The van der Waals surface area contributed by atoms with Crippen molar-refractivity contribution in [2.75, 3.05) is 0 Å². The minimum absolute atomic E-state index is 0.00509. The number of hydrogen-bond donors (Lipinski definition) is 3. The van der Waals surface area contributed by atoms with Crippen LogP contribution < -0.4 is 0 Å². The fourth-order valence-electron chi connectivity index (χ4n) is 2.47. The Hall–Kier alpha value is -2.49. The van der Waals surface area contributed by atoms with Crippen LogP contribution in [0, 0.1) is 20.8 Å². The second kappa shape index (κ2) is 4.89. The quantitative estimate of drug-likeness (QED) is 0.783. The predicted molar refractivity (Wildman–Crippen MR) is 76.4 cm³/mol. The first-order chi connectivity index (χ1) is 9.36. The molecule has 20 heavy (non-hydrogen) atoms. The molecule has 0 aliphatic rings. The van der Waals surface area contributed by atoms with E-state index in [1.807, 2.05) is 0 Å². The summed E-state index contributed by atoms with van der Waals surface area (Å²) in [5, 5.41) is 29.6. The van der Waals surface area contributed by atoms with E-state index in [9.17, 15) is 20.1 Å². The first kappa shape index (κ1) is 13.9. The van der Waals surface area contributed by atoms with Crippen LogP contribution in [0.4, 0.5) is 0 Å². The van der Waals surface area contributed by atoms with Gasteiger partial charge in [0.25, 0.3) is 0 Å². The van der Waals surface area contributed by atoms with Crippen molar-refractivity contribution in [1.82, 2.24) is 0 Å². The van der Waals surface area contributed by atoms with Gasteiger partial charge < -0.3 is 15.3 Å². The number of benzene rings is 2. The van der Waals surface area contributed by atoms with Gasteiger partial charge in [-0.2, -0.15) is 0 Å². The van der Waals surface area contributed by atoms with Crippen molar-refractivity contribution in [3.05, 3.63) is 46.5 Å². The first-order valence-corrected chi connectivity index (χ1v) is 6.20. The number of phenolic OH excluding ortho intramolecular Hbond substituents is 2. The SMILES string of the molecule is Cc1c(C)c(C(=O)O)c(C)c(-c2ccccc2O)c1O. The number of carbonyl (C=O) groups is 1. The molecule has 0 saturated heterocycles. The summed E-state index contributed by atoms with van der Waals surface area (Å²) >= 11 is 0. The van der Waals surface area contributed by atoms with Crippen LogP contribution in [0.1, 0.15) is 27.0 Å². The topological polar surface area (TPSA) is 77.8 Å². The number of aromatic carboxylic acids is 1. The lowest BCUT2D eigenvalue weighted by molar-refractivity contribution is 0.0695. The Balaban J connectivity index is 2.91. The summed E-state index contributed by atoms with van der Waals surface area (Å²) < 4.78 is 0. The van der Waals surface area contributed by atoms with Gasteiger partial charge in [-0.15, -0.1) is 0 Å². The Labute approximate surface area is 116 Å². The van der Waals surface area contributed by atoms with Crippen LogP contribution in [0.5, 0.6) is 11.5 Å². The van der Waals surface area contributed by atoms with E-state index in [1.165, 1.54) is 6.07 Å². The van der Waals surface area contributed by atoms with E-state index in [0.717, 1.165) is 0 Å². The molecule has 0 aliphatic heterocycles. The molecular weight excluding hydrogens is 256 g/mol. The van der Waals surface area contributed by atoms with Gasteiger partial charge in [0.1, 0.15) is 11.5 Å². The zero-order valence-electron chi connectivity index (χ0n) is 11.6. The van der Waals surface area contributed by atoms with Crippen molar-refractivity contribution >= 4 is 5.97 Å². The smallest absolute Gasteiger partial charge is 0.336 e. The van der Waals surface area contributed by atoms with E-state index in [-0.39, 0.29) is 17.1 Å². The van der Waals surface area contributed by atoms with Gasteiger partial charge in [-0.3, -0.25) is 0 Å². The molecule has 0 radical (unpaired) electrons. The average Bonchev–Trinajstić information content (AvgIpc) is 2.38. The second-order valence-corrected chi connectivity index (χ2v) is 4.80. The van der Waals surface area contributed by atoms with E-state index in [2.05, 4.69) is 0 Å². The Kier molecular flexibility index (Phi) is 3.40. The maximum absolute atomic E-state index is 11.4. The fraction of sp³-hybridized carbons (Fsp3) is 0.188. The molecule has 0 fully saturated rings. The molecule has 0 unspecified atom stereocenters. The number of phenols is 2. The van der Waals surface area contributed by atoms with Gasteiger partial charge in [0, 0.05) is 11.1 Å². The third kappa shape index (κ3) is 1.99. The first-order valence-electron chi connectivity index (χ1n) is 6.20. The third-order valence-electron chi connectivity index (χ3n) is 3.67. The Morgan fingerprint density at radius 1 is 0.950 bits per heavy atom. The van der Waals surface area contributed by atoms with Crippen LogP contribution in [-0.4, -0.2) is 21.3 Å². The van der Waals surface area contributed by atoms with Crippen LogP contribution in [0.25, 0.3) is 11.1 Å². The molecule has 0 bridgehead atoms. The highest BCUT2D eigenvalue weighted by molar-refractivity contribution is 5.96. The molecule has 3 N–H and O–H groups in total. The molecule has 0 aliphatic carbocycles. The lowest BCUT2D eigenvalue weighted by Gasteiger charge is -2.17. The molecule has 2 aromatic carbocycles. The van der Waals surface area contributed by atoms with Crippen molar-refractivity contribution in [3.8, 4) is 22.6 Å². The summed E-state index contributed by atoms with van der Waals surface area (Å²) in [5.41, 5.74) is 2.44. The average molecular weight is 272 g/mol. The van der Waals surface area contributed by atoms with Crippen LogP contribution in [0.2, 0.25) is 0 Å². The molecule has 0 aromatic heterocycles. The molecule has 0 amide bonds. The standard InChI is InChI=1S/C16H16O4/c1-8-9(2)15(18)14(10(3)13(8)16(19)20)11-6-4-5-7-12(11)17/h4-7,17-18H,1-3H3,(H,19,20). The molecular formula is C16H16O4. The molecule has 2 rings (SSSR count). The minimum atomic E-state index is -1.04. The van der Waals surface area contributed by atoms with Gasteiger partial charge in [0.2, 0.25) is 0 Å². The van der Waals surface area contributed by atoms with Gasteiger partial charge in [0.15, 0.2) is 0 Å². The van der Waals surface area contributed by atoms with E-state index in [4.69, 9.17) is 0 Å². The highest BCUT2D eigenvalue weighted by Gasteiger charge is 2.23. The summed E-state index contributed by atoms with van der Waals surface area (Å²) in [6, 6.07) is 6.55. The molecule has 0 atom stereocenters. The molecule has 0 saturated carbocycles. The largest absolute Gasteiger partial charge is 0.507 e. The summed E-state index contributed by atoms with van der Waals surface area (Å²) in [7, 11) is 0. The van der Waals surface area contributed by atoms with E-state index < -0.39 is 5.97 Å². The monoisotopic (exact) mass is 272 g/mol. The molecule has 4 heteroatoms. The Bertz CT molecular complexity index is 702. The second-order valence-electron chi connectivity index (χ2n) is 4.80. The van der Waals surface area contributed by atoms with Gasteiger partial charge >= 0.3 is 5.97 Å². The van der Waals surface area contributed by atoms with Crippen LogP contribution in [0.3, 0.4) is 0 Å². The Morgan fingerprint density at radius 2 is 1.55 bits per heavy atom. The molecule has 0 spiro atoms. The zero-order valence-corrected chi connectivity index (χ0v) is 11.6. The van der Waals surface area contributed by atoms with Crippen LogP contribution in [-0.2, 0) is 0 Å². The van der Waals surface area contributed by atoms with E-state index >= 15 is 0 Å². The van der Waals surface area contributed by atoms with Gasteiger partial charge in [0.05, 0.1) is 5.56 Å². The zero-order chi connectivity index (χ0) is 15.0. The summed E-state index contributed by atoms with van der Waals surface area (Å²) in [6.45, 7) is 4.97. The number of rotatable bonds is 2. The van der Waals surface area contributed by atoms with Crippen LogP contribution >= 0.6 is 0 Å². The number of carboxylic acids is 1. The number of para-hydroxylation sites is 1. The maximum atomic E-state index is 11.4. The van der Waals surface area contributed by atoms with Crippen molar-refractivity contribution in [2.24, 2.45) is 0 Å². The molecule has 2 aromatic rings. The Morgan fingerprint density at radius 3 is 2.10 bits per heavy atom. The third-order valence-corrected chi connectivity index (χ3v) is 3.67. The van der Waals surface area contributed by atoms with Crippen molar-refractivity contribution in [2.45, 2.75) is 20.8 Å². The van der Waals surface area contributed by atoms with Gasteiger partial charge in [-0.05, 0) is 43.5 Å². The minimum Gasteiger partial charge on any atom is -0.507 e. The summed E-state index contributed by atoms with van der Waals surface area (Å²) in [5.74, 6) is -1.03. The molecule has 4 nitrogen and oxygen atoms in total. The summed E-state index contributed by atoms with van der Waals surface area (Å²) in [4.78, 5) is 11.4. The van der Waals surface area contributed by atoms with Crippen molar-refractivity contribution < 1.29 is 20.1 Å². The summed E-state index contributed by atoms with van der Waals surface area (Å²) in [6.07, 6.45) is 0. The number of hydrogen-bond acceptors (Lipinski definition) is 3. The molecule has 104 valence electrons.